The summed E-state index contributed by atoms with van der Waals surface area (Å²) in [7, 11) is 0. The summed E-state index contributed by atoms with van der Waals surface area (Å²) in [5, 5.41) is 26.7. The van der Waals surface area contributed by atoms with Crippen LogP contribution in [0, 0.1) is 11.8 Å². The first-order chi connectivity index (χ1) is 35.6. The summed E-state index contributed by atoms with van der Waals surface area (Å²) in [6.45, 7) is 2.69. The van der Waals surface area contributed by atoms with Crippen LogP contribution in [0.25, 0.3) is 0 Å². The maximum Gasteiger partial charge on any atom is 0.341 e. The van der Waals surface area contributed by atoms with Crippen molar-refractivity contribution in [2.24, 2.45) is 11.8 Å². The van der Waals surface area contributed by atoms with E-state index in [0.29, 0.717) is 36.4 Å². The second-order valence-corrected chi connectivity index (χ2v) is 18.5. The van der Waals surface area contributed by atoms with E-state index < -0.39 is 11.9 Å². The number of hydrogen-bond donors (Lipinski definition) is 2. The van der Waals surface area contributed by atoms with Crippen LogP contribution in [0.4, 0.5) is 0 Å². The lowest BCUT2D eigenvalue weighted by Crippen LogP contribution is -2.30. The molecular weight excluding hydrogens is 917 g/mol. The number of carboxylic acid groups (broad SMARTS) is 2. The van der Waals surface area contributed by atoms with Crippen molar-refractivity contribution in [3.63, 3.8) is 0 Å². The number of nitrogens with zero attached hydrogens (tertiary/aromatic N) is 4. The van der Waals surface area contributed by atoms with Crippen LogP contribution in [-0.2, 0) is 48.4 Å². The second-order valence-electron chi connectivity index (χ2n) is 18.5. The Morgan fingerprint density at radius 1 is 0.534 bits per heavy atom. The zero-order valence-electron chi connectivity index (χ0n) is 40.9. The third-order valence-electron chi connectivity index (χ3n) is 13.5. The lowest BCUT2D eigenvalue weighted by atomic mass is 9.83. The fourth-order valence-corrected chi connectivity index (χ4v) is 9.82. The Hall–Kier alpha value is -8.38. The maximum atomic E-state index is 12.8. The van der Waals surface area contributed by atoms with Crippen molar-refractivity contribution in [3.05, 3.63) is 259 Å². The number of aromatic nitrogens is 4. The molecule has 8 aromatic rings. The van der Waals surface area contributed by atoms with Crippen molar-refractivity contribution in [3.8, 4) is 11.5 Å². The summed E-state index contributed by atoms with van der Waals surface area (Å²) in [5.74, 6) is 0.321. The number of carboxylic acids is 2. The highest BCUT2D eigenvalue weighted by Crippen LogP contribution is 2.35. The van der Waals surface area contributed by atoms with Gasteiger partial charge in [-0.2, -0.15) is 10.2 Å². The van der Waals surface area contributed by atoms with Crippen molar-refractivity contribution < 1.29 is 29.3 Å². The molecule has 0 radical (unpaired) electrons. The molecule has 0 amide bonds. The zero-order chi connectivity index (χ0) is 50.9. The highest BCUT2D eigenvalue weighted by molar-refractivity contribution is 5.69. The molecule has 0 aliphatic heterocycles. The van der Waals surface area contributed by atoms with Crippen molar-refractivity contribution in [1.29, 1.82) is 0 Å². The van der Waals surface area contributed by atoms with Gasteiger partial charge in [-0.15, -0.1) is 0 Å². The van der Waals surface area contributed by atoms with Gasteiger partial charge in [0.1, 0.15) is 11.5 Å². The lowest BCUT2D eigenvalue weighted by Gasteiger charge is -2.26. The van der Waals surface area contributed by atoms with Crippen LogP contribution in [0.5, 0.6) is 11.5 Å². The Morgan fingerprint density at radius 2 is 0.973 bits per heavy atom. The predicted octanol–water partition coefficient (Wildman–Crippen LogP) is 10.0. The first-order valence-corrected chi connectivity index (χ1v) is 24.8. The average molecular weight is 977 g/mol. The van der Waals surface area contributed by atoms with Gasteiger partial charge < -0.3 is 19.7 Å². The molecule has 2 N–H and O–H groups in total. The summed E-state index contributed by atoms with van der Waals surface area (Å²) in [4.78, 5) is 46.2. The first kappa shape index (κ1) is 51.0. The fourth-order valence-electron chi connectivity index (χ4n) is 9.82. The van der Waals surface area contributed by atoms with Gasteiger partial charge in [0, 0.05) is 37.3 Å². The Morgan fingerprint density at radius 3 is 1.42 bits per heavy atom. The number of hydrogen-bond acceptors (Lipinski definition) is 8. The van der Waals surface area contributed by atoms with Gasteiger partial charge in [0.2, 0.25) is 0 Å². The lowest BCUT2D eigenvalue weighted by molar-refractivity contribution is -0.140. The SMILES string of the molecule is CC(c1ccccc1)c1ccccc1.O=C(O)COc1cccc2c1CCC(Cn1nc(C(c3ccccc3)c3ccccc3)ccc1=O)C2.O=C(O)COc1cccc2c1CCC(Cn1ncccc1=O)C2. The van der Waals surface area contributed by atoms with Crippen LogP contribution in [0.3, 0.4) is 0 Å². The summed E-state index contributed by atoms with van der Waals surface area (Å²) in [6.07, 6.45) is 6.64. The largest absolute Gasteiger partial charge is 0.482 e. The molecular formula is C61H60N4O8. The highest BCUT2D eigenvalue weighted by Gasteiger charge is 2.25. The van der Waals surface area contributed by atoms with Crippen molar-refractivity contribution in [1.82, 2.24) is 19.6 Å². The molecule has 73 heavy (non-hydrogen) atoms. The number of ether oxygens (including phenoxy) is 2. The summed E-state index contributed by atoms with van der Waals surface area (Å²) >= 11 is 0. The van der Waals surface area contributed by atoms with Gasteiger partial charge in [0.15, 0.2) is 13.2 Å². The van der Waals surface area contributed by atoms with Crippen LogP contribution in [0.15, 0.2) is 198 Å². The molecule has 0 spiro atoms. The van der Waals surface area contributed by atoms with E-state index in [9.17, 15) is 19.2 Å². The van der Waals surface area contributed by atoms with Gasteiger partial charge in [-0.3, -0.25) is 9.59 Å². The monoisotopic (exact) mass is 976 g/mol. The minimum absolute atomic E-state index is 0.0692. The Kier molecular flexibility index (Phi) is 17.6. The summed E-state index contributed by atoms with van der Waals surface area (Å²) in [5.41, 5.74) is 10.1. The molecule has 2 unspecified atom stereocenters. The Labute approximate surface area is 425 Å². The number of carbonyl (C=O) groups is 2. The highest BCUT2D eigenvalue weighted by atomic mass is 16.5. The molecule has 2 heterocycles. The Bertz CT molecular complexity index is 3100. The molecule has 0 saturated heterocycles. The Balaban J connectivity index is 0.000000163. The maximum absolute atomic E-state index is 12.8. The van der Waals surface area contributed by atoms with Crippen molar-refractivity contribution in [2.75, 3.05) is 13.2 Å². The predicted molar refractivity (Wildman–Crippen MR) is 281 cm³/mol. The van der Waals surface area contributed by atoms with E-state index in [4.69, 9.17) is 24.8 Å². The third-order valence-corrected chi connectivity index (χ3v) is 13.5. The van der Waals surface area contributed by atoms with Crippen LogP contribution in [-0.4, -0.2) is 54.9 Å². The van der Waals surface area contributed by atoms with Crippen molar-refractivity contribution in [2.45, 2.75) is 70.4 Å². The smallest absolute Gasteiger partial charge is 0.341 e. The molecule has 12 nitrogen and oxygen atoms in total. The second kappa shape index (κ2) is 25.1. The summed E-state index contributed by atoms with van der Waals surface area (Å²) < 4.78 is 14.0. The van der Waals surface area contributed by atoms with E-state index in [2.05, 4.69) is 103 Å². The molecule has 0 saturated carbocycles. The van der Waals surface area contributed by atoms with Gasteiger partial charge in [0.25, 0.3) is 11.1 Å². The van der Waals surface area contributed by atoms with Crippen LogP contribution < -0.4 is 20.6 Å². The molecule has 12 heteroatoms. The molecule has 2 atom stereocenters. The number of benzene rings is 6. The topological polar surface area (TPSA) is 163 Å². The van der Waals surface area contributed by atoms with Gasteiger partial charge in [0.05, 0.1) is 11.6 Å². The minimum atomic E-state index is -0.990. The summed E-state index contributed by atoms with van der Waals surface area (Å²) in [6, 6.07) is 59.8. The third kappa shape index (κ3) is 13.9. The molecule has 2 aliphatic carbocycles. The molecule has 0 bridgehead atoms. The van der Waals surface area contributed by atoms with Crippen LogP contribution in [0.2, 0.25) is 0 Å². The normalized spacial score (nSPS) is 14.6. The molecule has 6 aromatic carbocycles. The first-order valence-electron chi connectivity index (χ1n) is 24.8. The molecule has 2 aliphatic rings. The van der Waals surface area contributed by atoms with E-state index in [-0.39, 0.29) is 36.2 Å². The zero-order valence-corrected chi connectivity index (χ0v) is 40.9. The standard InChI is InChI=1S/C30H28N2O4.C17H18N2O4.C14H14/c33-28-17-16-26(30(22-8-3-1-4-9-22)23-10-5-2-6-11-23)31-32(28)19-21-14-15-25-24(18-21)12-7-13-27(25)36-20-29(34)35;20-16-5-2-8-18-19(16)10-12-6-7-14-13(9-12)3-1-4-15(14)23-11-17(21)22;1-12(13-8-4-2-5-9-13)14-10-6-3-7-11-14/h1-13,16-17,21,30H,14-15,18-20H2,(H,34,35);1-5,8,12H,6-7,9-11H2,(H,21,22);2-12H,1H3. The molecule has 0 fully saturated rings. The average Bonchev–Trinajstić information content (AvgIpc) is 3.42. The van der Waals surface area contributed by atoms with Crippen molar-refractivity contribution >= 4 is 11.9 Å². The minimum Gasteiger partial charge on any atom is -0.482 e. The van der Waals surface area contributed by atoms with Gasteiger partial charge in [-0.05, 0) is 119 Å². The van der Waals surface area contributed by atoms with E-state index in [1.165, 1.54) is 21.9 Å². The molecule has 2 aromatic heterocycles. The van der Waals surface area contributed by atoms with E-state index in [0.717, 1.165) is 77.6 Å². The fraction of sp³-hybridized carbons (Fsp3) is 0.246. The van der Waals surface area contributed by atoms with E-state index in [1.807, 2.05) is 72.8 Å². The number of rotatable bonds is 15. The molecule has 372 valence electrons. The van der Waals surface area contributed by atoms with E-state index in [1.54, 1.807) is 23.0 Å². The van der Waals surface area contributed by atoms with E-state index >= 15 is 0 Å². The molecule has 10 rings (SSSR count). The van der Waals surface area contributed by atoms with Crippen LogP contribution in [0.1, 0.15) is 81.8 Å². The van der Waals surface area contributed by atoms with Crippen LogP contribution >= 0.6 is 0 Å². The van der Waals surface area contributed by atoms with Gasteiger partial charge >= 0.3 is 11.9 Å². The number of fused-ring (bicyclic) bond motifs is 2. The number of aliphatic carboxylic acids is 2. The van der Waals surface area contributed by atoms with Gasteiger partial charge in [-0.1, -0.05) is 153 Å². The van der Waals surface area contributed by atoms with Gasteiger partial charge in [-0.25, -0.2) is 19.0 Å². The quantitative estimate of drug-likeness (QED) is 0.101.